The van der Waals surface area contributed by atoms with Crippen molar-refractivity contribution in [1.82, 2.24) is 0 Å². The number of nitrogens with two attached hydrogens (primary N) is 1. The van der Waals surface area contributed by atoms with Crippen LogP contribution in [0.4, 0.5) is 13.2 Å². The van der Waals surface area contributed by atoms with Crippen molar-refractivity contribution in [3.8, 4) is 5.75 Å². The summed E-state index contributed by atoms with van der Waals surface area (Å²) in [5.74, 6) is 1.25. The molecule has 4 rings (SSSR count). The molecule has 1 unspecified atom stereocenters. The standard InChI is InChI=1S/C22H20F3NO2S/c1-29(2,27)11-12-3-4-13-5-6-21-15(14(13)7-12)9-20(26)22(28-21)16-8-18(24)19(25)10-17(16)23/h3-8,10,20,22H,1,9,11,26H2,2H3/t20-,22+,29?/m0/s1. The molecule has 0 amide bonds. The summed E-state index contributed by atoms with van der Waals surface area (Å²) in [6.45, 7) is 0. The van der Waals surface area contributed by atoms with Gasteiger partial charge in [0.05, 0.1) is 6.04 Å². The Morgan fingerprint density at radius 1 is 1.10 bits per heavy atom. The van der Waals surface area contributed by atoms with Crippen molar-refractivity contribution in [1.29, 1.82) is 0 Å². The van der Waals surface area contributed by atoms with Crippen molar-refractivity contribution in [3.05, 3.63) is 76.6 Å². The van der Waals surface area contributed by atoms with E-state index < -0.39 is 39.1 Å². The average molecular weight is 419 g/mol. The molecule has 0 aromatic heterocycles. The highest BCUT2D eigenvalue weighted by Crippen LogP contribution is 2.39. The molecule has 152 valence electrons. The molecular formula is C22H20F3NO2S. The van der Waals surface area contributed by atoms with Gasteiger partial charge >= 0.3 is 0 Å². The van der Waals surface area contributed by atoms with Gasteiger partial charge in [0.1, 0.15) is 17.7 Å². The Morgan fingerprint density at radius 2 is 1.79 bits per heavy atom. The second kappa shape index (κ2) is 7.07. The molecule has 0 radical (unpaired) electrons. The Kier molecular flexibility index (Phi) is 4.83. The first-order valence-electron chi connectivity index (χ1n) is 9.03. The second-order valence-corrected chi connectivity index (χ2v) is 10.3. The number of hydrogen-bond acceptors (Lipinski definition) is 3. The monoisotopic (exact) mass is 419 g/mol. The number of ether oxygens (including phenoxy) is 1. The van der Waals surface area contributed by atoms with Crippen molar-refractivity contribution < 1.29 is 22.1 Å². The summed E-state index contributed by atoms with van der Waals surface area (Å²) in [6, 6.07) is 10.1. The van der Waals surface area contributed by atoms with Crippen LogP contribution in [-0.4, -0.2) is 22.4 Å². The van der Waals surface area contributed by atoms with Crippen LogP contribution >= 0.6 is 0 Å². The van der Waals surface area contributed by atoms with Crippen LogP contribution < -0.4 is 10.5 Å². The molecule has 3 aromatic rings. The highest BCUT2D eigenvalue weighted by atomic mass is 32.2. The lowest BCUT2D eigenvalue weighted by Gasteiger charge is -2.32. The zero-order chi connectivity index (χ0) is 20.9. The molecule has 1 heterocycles. The van der Waals surface area contributed by atoms with Gasteiger partial charge in [-0.15, -0.1) is 0 Å². The molecule has 2 N–H and O–H groups in total. The molecule has 0 aliphatic carbocycles. The van der Waals surface area contributed by atoms with Crippen molar-refractivity contribution >= 4 is 26.2 Å². The predicted molar refractivity (Wildman–Crippen MR) is 110 cm³/mol. The lowest BCUT2D eigenvalue weighted by molar-refractivity contribution is 0.149. The van der Waals surface area contributed by atoms with Gasteiger partial charge in [-0.05, 0) is 56.3 Å². The summed E-state index contributed by atoms with van der Waals surface area (Å²) in [5.41, 5.74) is 7.87. The molecule has 7 heteroatoms. The Hall–Kier alpha value is -2.51. The van der Waals surface area contributed by atoms with E-state index in [0.717, 1.165) is 28.0 Å². The van der Waals surface area contributed by atoms with Crippen LogP contribution in [0.15, 0.2) is 42.5 Å². The Labute approximate surface area is 167 Å². The fourth-order valence-electron chi connectivity index (χ4n) is 3.79. The number of benzene rings is 3. The lowest BCUT2D eigenvalue weighted by Crippen LogP contribution is -2.38. The number of halogens is 3. The molecule has 0 saturated heterocycles. The zero-order valence-corrected chi connectivity index (χ0v) is 16.6. The van der Waals surface area contributed by atoms with Crippen LogP contribution in [0.5, 0.6) is 5.75 Å². The fraction of sp³-hybridized carbons (Fsp3) is 0.227. The van der Waals surface area contributed by atoms with Gasteiger partial charge in [-0.1, -0.05) is 18.2 Å². The summed E-state index contributed by atoms with van der Waals surface area (Å²) in [7, 11) is -2.20. The third-order valence-electron chi connectivity index (χ3n) is 5.06. The molecule has 1 aliphatic rings. The first-order valence-corrected chi connectivity index (χ1v) is 11.3. The van der Waals surface area contributed by atoms with Gasteiger partial charge in [-0.2, -0.15) is 0 Å². The maximum absolute atomic E-state index is 14.3. The molecule has 3 nitrogen and oxygen atoms in total. The maximum Gasteiger partial charge on any atom is 0.161 e. The van der Waals surface area contributed by atoms with Crippen LogP contribution in [0.2, 0.25) is 0 Å². The number of rotatable bonds is 3. The molecule has 0 saturated carbocycles. The van der Waals surface area contributed by atoms with Gasteiger partial charge in [-0.3, -0.25) is 4.21 Å². The van der Waals surface area contributed by atoms with Crippen molar-refractivity contribution in [2.45, 2.75) is 24.3 Å². The van der Waals surface area contributed by atoms with E-state index in [4.69, 9.17) is 10.5 Å². The summed E-state index contributed by atoms with van der Waals surface area (Å²) in [6.07, 6.45) is 1.04. The molecule has 0 spiro atoms. The van der Waals surface area contributed by atoms with Gasteiger partial charge in [0.15, 0.2) is 11.6 Å². The molecular weight excluding hydrogens is 399 g/mol. The predicted octanol–water partition coefficient (Wildman–Crippen LogP) is 4.11. The smallest absolute Gasteiger partial charge is 0.161 e. The Balaban J connectivity index is 1.77. The normalized spacial score (nSPS) is 20.7. The van der Waals surface area contributed by atoms with E-state index in [9.17, 15) is 17.4 Å². The third-order valence-corrected chi connectivity index (χ3v) is 6.00. The zero-order valence-electron chi connectivity index (χ0n) is 15.8. The topological polar surface area (TPSA) is 52.3 Å². The first-order chi connectivity index (χ1) is 13.6. The summed E-state index contributed by atoms with van der Waals surface area (Å²) >= 11 is 0. The van der Waals surface area contributed by atoms with Crippen LogP contribution in [0.3, 0.4) is 0 Å². The van der Waals surface area contributed by atoms with Gasteiger partial charge < -0.3 is 10.5 Å². The molecule has 29 heavy (non-hydrogen) atoms. The highest BCUT2D eigenvalue weighted by molar-refractivity contribution is 7.98. The van der Waals surface area contributed by atoms with E-state index in [2.05, 4.69) is 5.87 Å². The molecule has 3 aromatic carbocycles. The van der Waals surface area contributed by atoms with E-state index in [1.54, 1.807) is 12.3 Å². The van der Waals surface area contributed by atoms with Crippen LogP contribution in [0.25, 0.3) is 10.8 Å². The third kappa shape index (κ3) is 3.84. The largest absolute Gasteiger partial charge is 0.484 e. The van der Waals surface area contributed by atoms with Crippen molar-refractivity contribution in [2.24, 2.45) is 5.73 Å². The summed E-state index contributed by atoms with van der Waals surface area (Å²) < 4.78 is 59.2. The van der Waals surface area contributed by atoms with Gasteiger partial charge in [0, 0.05) is 29.2 Å². The second-order valence-electron chi connectivity index (χ2n) is 7.62. The highest BCUT2D eigenvalue weighted by Gasteiger charge is 2.32. The Bertz CT molecular complexity index is 1220. The molecule has 0 bridgehead atoms. The maximum atomic E-state index is 14.3. The van der Waals surface area contributed by atoms with Gasteiger partial charge in [0.2, 0.25) is 0 Å². The Morgan fingerprint density at radius 3 is 2.52 bits per heavy atom. The van der Waals surface area contributed by atoms with E-state index >= 15 is 0 Å². The summed E-state index contributed by atoms with van der Waals surface area (Å²) in [4.78, 5) is 0. The minimum atomic E-state index is -2.20. The molecule has 3 atom stereocenters. The molecule has 1 aliphatic heterocycles. The fourth-order valence-corrected chi connectivity index (χ4v) is 4.67. The minimum Gasteiger partial charge on any atom is -0.484 e. The van der Waals surface area contributed by atoms with Crippen LogP contribution in [0, 0.1) is 17.5 Å². The minimum absolute atomic E-state index is 0.112. The quantitative estimate of drug-likeness (QED) is 0.514. The number of fused-ring (bicyclic) bond motifs is 3. The lowest BCUT2D eigenvalue weighted by atomic mass is 9.89. The SMILES string of the molecule is C=S(C)(=O)Cc1ccc2ccc3c(c2c1)C[C@H](N)[C@@H](c1cc(F)c(F)cc1F)O3. The van der Waals surface area contributed by atoms with Gasteiger partial charge in [-0.25, -0.2) is 13.2 Å². The van der Waals surface area contributed by atoms with E-state index in [0.29, 0.717) is 24.0 Å². The summed E-state index contributed by atoms with van der Waals surface area (Å²) in [5, 5.41) is 1.87. The number of hydrogen-bond donors (Lipinski definition) is 1. The van der Waals surface area contributed by atoms with E-state index in [1.807, 2.05) is 24.3 Å². The van der Waals surface area contributed by atoms with Crippen molar-refractivity contribution in [3.63, 3.8) is 0 Å². The van der Waals surface area contributed by atoms with Crippen LogP contribution in [0.1, 0.15) is 22.8 Å². The van der Waals surface area contributed by atoms with Gasteiger partial charge in [0.25, 0.3) is 0 Å². The van der Waals surface area contributed by atoms with E-state index in [1.165, 1.54) is 0 Å². The van der Waals surface area contributed by atoms with Crippen LogP contribution in [-0.2, 0) is 21.7 Å². The first kappa shape index (κ1) is 19.8. The van der Waals surface area contributed by atoms with Crippen molar-refractivity contribution in [2.75, 3.05) is 6.26 Å². The van der Waals surface area contributed by atoms with E-state index in [-0.39, 0.29) is 5.56 Å². The average Bonchev–Trinajstić information content (AvgIpc) is 2.63. The molecule has 0 fully saturated rings.